The Balaban J connectivity index is 1.25. The van der Waals surface area contributed by atoms with Crippen LogP contribution in [-0.2, 0) is 17.5 Å². The molecule has 6 rings (SSSR count). The number of benzene rings is 1. The Morgan fingerprint density at radius 1 is 1.16 bits per heavy atom. The number of thiazole rings is 1. The first-order chi connectivity index (χ1) is 17.8. The molecule has 5 aromatic rings. The average molecular weight is 527 g/mol. The third kappa shape index (κ3) is 4.28. The Kier molecular flexibility index (Phi) is 5.59. The number of hydrogen-bond donors (Lipinski definition) is 1. The van der Waals surface area contributed by atoms with Gasteiger partial charge in [0.05, 0.1) is 29.1 Å². The van der Waals surface area contributed by atoms with Crippen LogP contribution in [0.25, 0.3) is 33.6 Å². The number of halogens is 3. The van der Waals surface area contributed by atoms with Crippen LogP contribution in [0.1, 0.15) is 11.9 Å². The van der Waals surface area contributed by atoms with Crippen LogP contribution in [0.3, 0.4) is 0 Å². The number of imidazole rings is 2. The summed E-state index contributed by atoms with van der Waals surface area (Å²) in [5.74, 6) is 0.205. The summed E-state index contributed by atoms with van der Waals surface area (Å²) in [4.78, 5) is 36.6. The number of rotatable bonds is 4. The highest BCUT2D eigenvalue weighted by molar-refractivity contribution is 7.16. The second-order valence-corrected chi connectivity index (χ2v) is 9.87. The second kappa shape index (κ2) is 8.83. The van der Waals surface area contributed by atoms with Crippen molar-refractivity contribution in [1.29, 1.82) is 0 Å². The third-order valence-corrected chi connectivity index (χ3v) is 7.59. The van der Waals surface area contributed by atoms with Gasteiger partial charge in [0.1, 0.15) is 22.8 Å². The second-order valence-electron chi connectivity index (χ2n) is 8.89. The first-order valence-electron chi connectivity index (χ1n) is 11.6. The largest absolute Gasteiger partial charge is 0.443 e. The molecule has 5 heterocycles. The summed E-state index contributed by atoms with van der Waals surface area (Å²) in [6, 6.07) is 8.83. The Labute approximate surface area is 212 Å². The molecule has 1 fully saturated rings. The number of H-pyrrole nitrogens is 1. The molecule has 0 aliphatic carbocycles. The number of alkyl halides is 3. The quantitative estimate of drug-likeness (QED) is 0.377. The average Bonchev–Trinajstić information content (AvgIpc) is 3.60. The van der Waals surface area contributed by atoms with E-state index in [1.165, 1.54) is 0 Å². The van der Waals surface area contributed by atoms with Crippen molar-refractivity contribution in [3.63, 3.8) is 0 Å². The Hall–Kier alpha value is -4.00. The zero-order valence-corrected chi connectivity index (χ0v) is 20.4. The van der Waals surface area contributed by atoms with Crippen molar-refractivity contribution in [3.05, 3.63) is 54.1 Å². The number of para-hydroxylation sites is 2. The first kappa shape index (κ1) is 23.4. The smallest absolute Gasteiger partial charge is 0.358 e. The van der Waals surface area contributed by atoms with Crippen LogP contribution in [0.15, 0.2) is 49.1 Å². The van der Waals surface area contributed by atoms with Crippen molar-refractivity contribution < 1.29 is 18.0 Å². The number of aromatic nitrogens is 6. The van der Waals surface area contributed by atoms with Gasteiger partial charge in [0.25, 0.3) is 0 Å². The number of piperazine rings is 1. The van der Waals surface area contributed by atoms with E-state index in [0.717, 1.165) is 11.0 Å². The number of nitrogens with one attached hydrogen (secondary N) is 1. The summed E-state index contributed by atoms with van der Waals surface area (Å²) in [5.41, 5.74) is 3.05. The number of fused-ring (bicyclic) bond motifs is 2. The SMILES string of the molecule is C[C@@H]1CN(c2sc(C(F)(F)F)nc2-c2nc3ccccc3[nH]2)CCN1C(=O)Cn1cnc2cnccc21. The van der Waals surface area contributed by atoms with E-state index in [4.69, 9.17) is 0 Å². The highest BCUT2D eigenvalue weighted by Crippen LogP contribution is 2.42. The van der Waals surface area contributed by atoms with Crippen molar-refractivity contribution >= 4 is 44.3 Å². The molecule has 9 nitrogen and oxygen atoms in total. The first-order valence-corrected chi connectivity index (χ1v) is 12.4. The van der Waals surface area contributed by atoms with E-state index in [1.807, 2.05) is 30.0 Å². The van der Waals surface area contributed by atoms with Gasteiger partial charge in [-0.3, -0.25) is 9.78 Å². The van der Waals surface area contributed by atoms with Crippen molar-refractivity contribution in [2.45, 2.75) is 25.7 Å². The van der Waals surface area contributed by atoms with E-state index >= 15 is 0 Å². The fourth-order valence-corrected chi connectivity index (χ4v) is 5.63. The molecule has 1 saturated heterocycles. The van der Waals surface area contributed by atoms with Gasteiger partial charge in [-0.25, -0.2) is 15.0 Å². The van der Waals surface area contributed by atoms with Gasteiger partial charge in [0.2, 0.25) is 10.9 Å². The topological polar surface area (TPSA) is 95.8 Å². The van der Waals surface area contributed by atoms with Crippen LogP contribution < -0.4 is 4.90 Å². The molecule has 13 heteroatoms. The third-order valence-electron chi connectivity index (χ3n) is 6.43. The maximum atomic E-state index is 13.6. The molecule has 1 atom stereocenters. The van der Waals surface area contributed by atoms with Gasteiger partial charge in [-0.05, 0) is 25.1 Å². The lowest BCUT2D eigenvalue weighted by Gasteiger charge is -2.40. The highest BCUT2D eigenvalue weighted by Gasteiger charge is 2.39. The minimum atomic E-state index is -4.57. The lowest BCUT2D eigenvalue weighted by Crippen LogP contribution is -2.54. The van der Waals surface area contributed by atoms with Crippen LogP contribution in [0.2, 0.25) is 0 Å². The molecular weight excluding hydrogens is 505 g/mol. The number of carbonyl (C=O) groups is 1. The van der Waals surface area contributed by atoms with Crippen LogP contribution in [0.4, 0.5) is 18.2 Å². The molecule has 4 aromatic heterocycles. The van der Waals surface area contributed by atoms with Gasteiger partial charge in [0.15, 0.2) is 5.82 Å². The van der Waals surface area contributed by atoms with E-state index in [2.05, 4.69) is 24.9 Å². The van der Waals surface area contributed by atoms with Gasteiger partial charge < -0.3 is 19.4 Å². The van der Waals surface area contributed by atoms with E-state index in [0.29, 0.717) is 47.0 Å². The normalized spacial score (nSPS) is 16.7. The minimum Gasteiger partial charge on any atom is -0.358 e. The Morgan fingerprint density at radius 2 is 2.00 bits per heavy atom. The number of amides is 1. The highest BCUT2D eigenvalue weighted by atomic mass is 32.1. The van der Waals surface area contributed by atoms with E-state index in [9.17, 15) is 18.0 Å². The number of pyridine rings is 1. The summed E-state index contributed by atoms with van der Waals surface area (Å²) in [6.07, 6.45) is 0.328. The number of nitrogens with zero attached hydrogens (tertiary/aromatic N) is 7. The monoisotopic (exact) mass is 526 g/mol. The fourth-order valence-electron chi connectivity index (χ4n) is 4.66. The van der Waals surface area contributed by atoms with Crippen molar-refractivity contribution in [1.82, 2.24) is 34.4 Å². The van der Waals surface area contributed by atoms with E-state index in [1.54, 1.807) is 40.3 Å². The standard InChI is InChI=1S/C24H21F3N8OS/c1-14-11-33(8-9-35(14)19(36)12-34-13-29-17-10-28-7-6-18(17)34)22-20(32-23(37-22)24(25,26)27)21-30-15-4-2-3-5-16(15)31-21/h2-7,10,13-14H,8-9,11-12H2,1H3,(H,30,31)/t14-/m1/s1. The van der Waals surface area contributed by atoms with Crippen LogP contribution in [-0.4, -0.2) is 66.0 Å². The predicted octanol–water partition coefficient (Wildman–Crippen LogP) is 4.19. The van der Waals surface area contributed by atoms with Gasteiger partial charge >= 0.3 is 6.18 Å². The van der Waals surface area contributed by atoms with Crippen LogP contribution in [0, 0.1) is 0 Å². The minimum absolute atomic E-state index is 0.0824. The molecule has 1 amide bonds. The van der Waals surface area contributed by atoms with Crippen LogP contribution in [0.5, 0.6) is 0 Å². The number of aromatic amines is 1. The van der Waals surface area contributed by atoms with Gasteiger partial charge in [-0.1, -0.05) is 23.5 Å². The zero-order valence-electron chi connectivity index (χ0n) is 19.6. The predicted molar refractivity (Wildman–Crippen MR) is 133 cm³/mol. The Morgan fingerprint density at radius 3 is 2.78 bits per heavy atom. The molecule has 0 saturated carbocycles. The molecule has 1 aliphatic rings. The van der Waals surface area contributed by atoms with Gasteiger partial charge in [-0.2, -0.15) is 13.2 Å². The van der Waals surface area contributed by atoms with E-state index in [-0.39, 0.29) is 30.0 Å². The summed E-state index contributed by atoms with van der Waals surface area (Å²) < 4.78 is 42.7. The van der Waals surface area contributed by atoms with Crippen molar-refractivity contribution in [3.8, 4) is 11.5 Å². The molecule has 0 bridgehead atoms. The number of anilines is 1. The summed E-state index contributed by atoms with van der Waals surface area (Å²) in [5, 5.41) is -0.538. The van der Waals surface area contributed by atoms with Crippen molar-refractivity contribution in [2.24, 2.45) is 0 Å². The maximum Gasteiger partial charge on any atom is 0.443 e. The van der Waals surface area contributed by atoms with Gasteiger partial charge in [0, 0.05) is 31.9 Å². The molecule has 1 aromatic carbocycles. The fraction of sp³-hybridized carbons (Fsp3) is 0.292. The molecule has 1 aliphatic heterocycles. The van der Waals surface area contributed by atoms with E-state index < -0.39 is 11.2 Å². The summed E-state index contributed by atoms with van der Waals surface area (Å²) in [6.45, 7) is 3.12. The molecular formula is C24H21F3N8OS. The lowest BCUT2D eigenvalue weighted by molar-refractivity contribution is -0.137. The number of carbonyl (C=O) groups excluding carboxylic acids is 1. The van der Waals surface area contributed by atoms with Crippen molar-refractivity contribution in [2.75, 3.05) is 24.5 Å². The van der Waals surface area contributed by atoms with Crippen LogP contribution >= 0.6 is 11.3 Å². The molecule has 37 heavy (non-hydrogen) atoms. The summed E-state index contributed by atoms with van der Waals surface area (Å²) >= 11 is 0.603. The molecule has 0 radical (unpaired) electrons. The molecule has 1 N–H and O–H groups in total. The molecule has 0 spiro atoms. The lowest BCUT2D eigenvalue weighted by atomic mass is 10.2. The number of hydrogen-bond acceptors (Lipinski definition) is 7. The Bertz CT molecular complexity index is 1570. The molecule has 0 unspecified atom stereocenters. The maximum absolute atomic E-state index is 13.6. The van der Waals surface area contributed by atoms with Gasteiger partial charge in [-0.15, -0.1) is 0 Å². The zero-order chi connectivity index (χ0) is 25.7. The summed E-state index contributed by atoms with van der Waals surface area (Å²) in [7, 11) is 0. The molecule has 190 valence electrons.